The van der Waals surface area contributed by atoms with Gasteiger partial charge in [0.1, 0.15) is 5.75 Å². The summed E-state index contributed by atoms with van der Waals surface area (Å²) in [5.41, 5.74) is 3.63. The zero-order chi connectivity index (χ0) is 17.5. The normalized spacial score (nSPS) is 10.1. The second-order valence-corrected chi connectivity index (χ2v) is 5.59. The van der Waals surface area contributed by atoms with E-state index in [2.05, 4.69) is 10.6 Å². The SMILES string of the molecule is COc1cc(C)cc(C)c1CNC(=O)CNC(=O)c1ccccc1. The first-order chi connectivity index (χ1) is 11.5. The average molecular weight is 326 g/mol. The standard InChI is InChI=1S/C19H22N2O3/c1-13-9-14(2)16(17(10-13)24-3)11-20-18(22)12-21-19(23)15-7-5-4-6-8-15/h4-10H,11-12H2,1-3H3,(H,20,22)(H,21,23). The predicted molar refractivity (Wildman–Crippen MR) is 93.1 cm³/mol. The minimum absolute atomic E-state index is 0.0685. The fraction of sp³-hybridized carbons (Fsp3) is 0.263. The highest BCUT2D eigenvalue weighted by Crippen LogP contribution is 2.23. The van der Waals surface area contributed by atoms with E-state index in [0.29, 0.717) is 12.1 Å². The van der Waals surface area contributed by atoms with E-state index >= 15 is 0 Å². The van der Waals surface area contributed by atoms with E-state index in [9.17, 15) is 9.59 Å². The van der Waals surface area contributed by atoms with Crippen LogP contribution in [0.5, 0.6) is 5.75 Å². The Balaban J connectivity index is 1.89. The Kier molecular flexibility index (Phi) is 5.95. The third-order valence-electron chi connectivity index (χ3n) is 3.70. The van der Waals surface area contributed by atoms with E-state index < -0.39 is 0 Å². The summed E-state index contributed by atoms with van der Waals surface area (Å²) in [6.45, 7) is 4.27. The van der Waals surface area contributed by atoms with Gasteiger partial charge in [0.15, 0.2) is 0 Å². The molecule has 0 aliphatic heterocycles. The largest absolute Gasteiger partial charge is 0.496 e. The van der Waals surface area contributed by atoms with Gasteiger partial charge in [0.25, 0.3) is 5.91 Å². The second-order valence-electron chi connectivity index (χ2n) is 5.59. The maximum atomic E-state index is 12.0. The summed E-state index contributed by atoms with van der Waals surface area (Å²) < 4.78 is 5.37. The number of amides is 2. The molecule has 24 heavy (non-hydrogen) atoms. The van der Waals surface area contributed by atoms with Crippen molar-refractivity contribution in [2.45, 2.75) is 20.4 Å². The van der Waals surface area contributed by atoms with Crippen LogP contribution in [0, 0.1) is 13.8 Å². The number of carbonyl (C=O) groups excluding carboxylic acids is 2. The Bertz CT molecular complexity index is 727. The van der Waals surface area contributed by atoms with E-state index in [1.165, 1.54) is 0 Å². The van der Waals surface area contributed by atoms with Crippen LogP contribution in [0.1, 0.15) is 27.0 Å². The Morgan fingerprint density at radius 3 is 2.42 bits per heavy atom. The molecule has 5 nitrogen and oxygen atoms in total. The van der Waals surface area contributed by atoms with E-state index in [-0.39, 0.29) is 18.4 Å². The van der Waals surface area contributed by atoms with E-state index in [1.54, 1.807) is 31.4 Å². The number of hydrogen-bond donors (Lipinski definition) is 2. The fourth-order valence-corrected chi connectivity index (χ4v) is 2.47. The molecule has 2 aromatic carbocycles. The molecular formula is C19H22N2O3. The molecule has 0 saturated heterocycles. The second kappa shape index (κ2) is 8.15. The maximum absolute atomic E-state index is 12.0. The average Bonchev–Trinajstić information content (AvgIpc) is 2.58. The van der Waals surface area contributed by atoms with Crippen LogP contribution in [-0.2, 0) is 11.3 Å². The predicted octanol–water partition coefficient (Wildman–Crippen LogP) is 2.36. The van der Waals surface area contributed by atoms with Gasteiger partial charge in [-0.05, 0) is 43.2 Å². The molecule has 0 radical (unpaired) electrons. The summed E-state index contributed by atoms with van der Waals surface area (Å²) >= 11 is 0. The van der Waals surface area contributed by atoms with Gasteiger partial charge >= 0.3 is 0 Å². The van der Waals surface area contributed by atoms with Gasteiger partial charge in [0, 0.05) is 17.7 Å². The van der Waals surface area contributed by atoms with Crippen molar-refractivity contribution in [3.63, 3.8) is 0 Å². The number of hydrogen-bond acceptors (Lipinski definition) is 3. The van der Waals surface area contributed by atoms with Crippen molar-refractivity contribution in [2.75, 3.05) is 13.7 Å². The van der Waals surface area contributed by atoms with E-state index in [4.69, 9.17) is 4.74 Å². The van der Waals surface area contributed by atoms with Crippen LogP contribution >= 0.6 is 0 Å². The van der Waals surface area contributed by atoms with Crippen LogP contribution in [-0.4, -0.2) is 25.5 Å². The molecule has 2 rings (SSSR count). The minimum Gasteiger partial charge on any atom is -0.496 e. The highest BCUT2D eigenvalue weighted by Gasteiger charge is 2.11. The molecule has 0 unspecified atom stereocenters. The molecule has 2 N–H and O–H groups in total. The van der Waals surface area contributed by atoms with E-state index in [1.807, 2.05) is 32.0 Å². The number of methoxy groups -OCH3 is 1. The van der Waals surface area contributed by atoms with Gasteiger partial charge in [-0.3, -0.25) is 9.59 Å². The summed E-state index contributed by atoms with van der Waals surface area (Å²) in [7, 11) is 1.61. The van der Waals surface area contributed by atoms with Crippen LogP contribution in [0.3, 0.4) is 0 Å². The number of carbonyl (C=O) groups is 2. The maximum Gasteiger partial charge on any atom is 0.251 e. The highest BCUT2D eigenvalue weighted by atomic mass is 16.5. The number of ether oxygens (including phenoxy) is 1. The molecule has 0 aromatic heterocycles. The summed E-state index contributed by atoms with van der Waals surface area (Å²) in [4.78, 5) is 23.9. The van der Waals surface area contributed by atoms with Gasteiger partial charge in [-0.2, -0.15) is 0 Å². The molecular weight excluding hydrogens is 304 g/mol. The lowest BCUT2D eigenvalue weighted by Crippen LogP contribution is -2.36. The minimum atomic E-state index is -0.269. The Morgan fingerprint density at radius 2 is 1.75 bits per heavy atom. The number of aryl methyl sites for hydroxylation is 2. The lowest BCUT2D eigenvalue weighted by Gasteiger charge is -2.14. The van der Waals surface area contributed by atoms with Crippen LogP contribution in [0.4, 0.5) is 0 Å². The molecule has 5 heteroatoms. The van der Waals surface area contributed by atoms with Crippen LogP contribution in [0.15, 0.2) is 42.5 Å². The molecule has 0 aliphatic carbocycles. The molecule has 126 valence electrons. The highest BCUT2D eigenvalue weighted by molar-refractivity contribution is 5.96. The summed E-state index contributed by atoms with van der Waals surface area (Å²) in [6, 6.07) is 12.8. The smallest absolute Gasteiger partial charge is 0.251 e. The number of rotatable bonds is 6. The van der Waals surface area contributed by atoms with Crippen molar-refractivity contribution in [1.82, 2.24) is 10.6 Å². The van der Waals surface area contributed by atoms with Gasteiger partial charge in [-0.1, -0.05) is 24.3 Å². The summed E-state index contributed by atoms with van der Waals surface area (Å²) in [6.07, 6.45) is 0. The number of nitrogens with one attached hydrogen (secondary N) is 2. The van der Waals surface area contributed by atoms with Crippen LogP contribution in [0.2, 0.25) is 0 Å². The van der Waals surface area contributed by atoms with Crippen LogP contribution in [0.25, 0.3) is 0 Å². The van der Waals surface area contributed by atoms with Crippen molar-refractivity contribution < 1.29 is 14.3 Å². The molecule has 0 spiro atoms. The lowest BCUT2D eigenvalue weighted by molar-refractivity contribution is -0.120. The molecule has 2 amide bonds. The first-order valence-electron chi connectivity index (χ1n) is 7.75. The van der Waals surface area contributed by atoms with Gasteiger partial charge in [-0.25, -0.2) is 0 Å². The Hall–Kier alpha value is -2.82. The third kappa shape index (κ3) is 4.59. The number of benzene rings is 2. The van der Waals surface area contributed by atoms with Crippen molar-refractivity contribution in [3.05, 3.63) is 64.7 Å². The molecule has 0 bridgehead atoms. The quantitative estimate of drug-likeness (QED) is 0.856. The van der Waals surface area contributed by atoms with Crippen molar-refractivity contribution in [2.24, 2.45) is 0 Å². The van der Waals surface area contributed by atoms with Crippen LogP contribution < -0.4 is 15.4 Å². The van der Waals surface area contributed by atoms with Crippen molar-refractivity contribution >= 4 is 11.8 Å². The zero-order valence-corrected chi connectivity index (χ0v) is 14.2. The fourth-order valence-electron chi connectivity index (χ4n) is 2.47. The molecule has 0 fully saturated rings. The van der Waals surface area contributed by atoms with Gasteiger partial charge in [-0.15, -0.1) is 0 Å². The Morgan fingerprint density at radius 1 is 1.04 bits per heavy atom. The first-order valence-corrected chi connectivity index (χ1v) is 7.75. The molecule has 0 aliphatic rings. The molecule has 2 aromatic rings. The van der Waals surface area contributed by atoms with Crippen molar-refractivity contribution in [1.29, 1.82) is 0 Å². The van der Waals surface area contributed by atoms with Crippen molar-refractivity contribution in [3.8, 4) is 5.75 Å². The lowest BCUT2D eigenvalue weighted by atomic mass is 10.0. The molecule has 0 saturated carbocycles. The zero-order valence-electron chi connectivity index (χ0n) is 14.2. The Labute approximate surface area is 142 Å². The monoisotopic (exact) mass is 326 g/mol. The first kappa shape index (κ1) is 17.5. The van der Waals surface area contributed by atoms with Gasteiger partial charge in [0.2, 0.25) is 5.91 Å². The molecule has 0 atom stereocenters. The topological polar surface area (TPSA) is 67.4 Å². The molecule has 0 heterocycles. The van der Waals surface area contributed by atoms with Gasteiger partial charge < -0.3 is 15.4 Å². The van der Waals surface area contributed by atoms with Gasteiger partial charge in [0.05, 0.1) is 13.7 Å². The van der Waals surface area contributed by atoms with E-state index in [0.717, 1.165) is 22.4 Å². The summed E-state index contributed by atoms with van der Waals surface area (Å²) in [5.74, 6) is 0.234. The summed E-state index contributed by atoms with van der Waals surface area (Å²) in [5, 5.41) is 5.41. The third-order valence-corrected chi connectivity index (χ3v) is 3.70.